The summed E-state index contributed by atoms with van der Waals surface area (Å²) in [6.45, 7) is 5.83. The van der Waals surface area contributed by atoms with E-state index in [2.05, 4.69) is 29.4 Å². The van der Waals surface area contributed by atoms with Crippen LogP contribution in [0.4, 0.5) is 0 Å². The van der Waals surface area contributed by atoms with Gasteiger partial charge in [0, 0.05) is 23.6 Å². The highest BCUT2D eigenvalue weighted by Crippen LogP contribution is 2.20. The third-order valence-corrected chi connectivity index (χ3v) is 4.67. The van der Waals surface area contributed by atoms with E-state index in [0.717, 1.165) is 12.2 Å². The van der Waals surface area contributed by atoms with Crippen molar-refractivity contribution in [2.45, 2.75) is 31.9 Å². The molecule has 2 heterocycles. The highest BCUT2D eigenvalue weighted by molar-refractivity contribution is 7.79. The van der Waals surface area contributed by atoms with Crippen LogP contribution in [-0.2, 0) is 12.2 Å². The van der Waals surface area contributed by atoms with Gasteiger partial charge in [0.05, 0.1) is 10.7 Å². The summed E-state index contributed by atoms with van der Waals surface area (Å²) in [6, 6.07) is 0. The summed E-state index contributed by atoms with van der Waals surface area (Å²) in [5.74, 6) is 0.827. The van der Waals surface area contributed by atoms with Gasteiger partial charge in [-0.1, -0.05) is 0 Å². The maximum atomic E-state index is 4.59. The molecule has 1 fully saturated rings. The molecule has 0 bridgehead atoms. The molecule has 0 unspecified atom stereocenters. The lowest BCUT2D eigenvalue weighted by Crippen LogP contribution is -2.21. The van der Waals surface area contributed by atoms with Crippen molar-refractivity contribution >= 4 is 24.0 Å². The van der Waals surface area contributed by atoms with Crippen molar-refractivity contribution in [1.29, 1.82) is 0 Å². The van der Waals surface area contributed by atoms with Crippen LogP contribution in [0.3, 0.4) is 0 Å². The molecule has 1 saturated heterocycles. The lowest BCUT2D eigenvalue weighted by Gasteiger charge is -2.12. The van der Waals surface area contributed by atoms with Gasteiger partial charge in [0.1, 0.15) is 0 Å². The van der Waals surface area contributed by atoms with Crippen molar-refractivity contribution in [3.63, 3.8) is 0 Å². The molecule has 15 heavy (non-hydrogen) atoms. The van der Waals surface area contributed by atoms with E-state index in [9.17, 15) is 0 Å². The second-order valence-corrected chi connectivity index (χ2v) is 5.56. The van der Waals surface area contributed by atoms with Crippen molar-refractivity contribution in [2.24, 2.45) is 0 Å². The number of likely N-dealkylation sites (tertiary alicyclic amines) is 1. The van der Waals surface area contributed by atoms with Crippen LogP contribution in [0.25, 0.3) is 0 Å². The summed E-state index contributed by atoms with van der Waals surface area (Å²) < 4.78 is 0. The number of thiol groups is 1. The molecular formula is C11H18N2S2. The molecule has 1 aliphatic rings. The predicted octanol–water partition coefficient (Wildman–Crippen LogP) is 2.52. The summed E-state index contributed by atoms with van der Waals surface area (Å²) >= 11 is 6.14. The van der Waals surface area contributed by atoms with E-state index >= 15 is 0 Å². The molecule has 2 rings (SSSR count). The fourth-order valence-electron chi connectivity index (χ4n) is 2.00. The van der Waals surface area contributed by atoms with Gasteiger partial charge in [0.15, 0.2) is 0 Å². The molecule has 4 heteroatoms. The number of aromatic nitrogens is 1. The lowest BCUT2D eigenvalue weighted by atomic mass is 10.4. The average molecular weight is 242 g/mol. The van der Waals surface area contributed by atoms with E-state index in [1.165, 1.54) is 48.1 Å². The fraction of sp³-hybridized carbons (Fsp3) is 0.727. The topological polar surface area (TPSA) is 16.1 Å². The molecule has 0 atom stereocenters. The third-order valence-electron chi connectivity index (χ3n) is 2.92. The van der Waals surface area contributed by atoms with Gasteiger partial charge in [-0.2, -0.15) is 12.6 Å². The Morgan fingerprint density at radius 3 is 2.73 bits per heavy atom. The Labute approximate surface area is 101 Å². The number of thiazole rings is 1. The minimum Gasteiger partial charge on any atom is -0.303 e. The van der Waals surface area contributed by atoms with Crippen molar-refractivity contribution in [3.8, 4) is 0 Å². The largest absolute Gasteiger partial charge is 0.303 e. The minimum atomic E-state index is 0.827. The molecule has 0 amide bonds. The molecule has 0 saturated carbocycles. The molecule has 0 aromatic carbocycles. The summed E-state index contributed by atoms with van der Waals surface area (Å²) in [6.07, 6.45) is 3.86. The van der Waals surface area contributed by atoms with Gasteiger partial charge in [-0.05, 0) is 32.9 Å². The van der Waals surface area contributed by atoms with Crippen molar-refractivity contribution in [2.75, 3.05) is 19.6 Å². The van der Waals surface area contributed by atoms with Crippen LogP contribution in [0, 0.1) is 6.92 Å². The third kappa shape index (κ3) is 2.95. The SMILES string of the molecule is Cc1nc(CCN2CCCC2)sc1CS. The van der Waals surface area contributed by atoms with Crippen LogP contribution >= 0.6 is 24.0 Å². The Morgan fingerprint density at radius 2 is 2.13 bits per heavy atom. The van der Waals surface area contributed by atoms with Crippen LogP contribution in [0.2, 0.25) is 0 Å². The first-order chi connectivity index (χ1) is 7.29. The molecule has 1 aromatic heterocycles. The lowest BCUT2D eigenvalue weighted by molar-refractivity contribution is 0.343. The minimum absolute atomic E-state index is 0.827. The highest BCUT2D eigenvalue weighted by Gasteiger charge is 2.12. The number of nitrogens with zero attached hydrogens (tertiary/aromatic N) is 2. The second-order valence-electron chi connectivity index (χ2n) is 4.07. The Kier molecular flexibility index (Phi) is 4.05. The Morgan fingerprint density at radius 1 is 1.40 bits per heavy atom. The second kappa shape index (κ2) is 5.32. The van der Waals surface area contributed by atoms with E-state index in [1.807, 2.05) is 11.3 Å². The van der Waals surface area contributed by atoms with Crippen LogP contribution in [0.5, 0.6) is 0 Å². The first-order valence-corrected chi connectivity index (χ1v) is 7.03. The quantitative estimate of drug-likeness (QED) is 0.817. The van der Waals surface area contributed by atoms with Crippen LogP contribution in [0.1, 0.15) is 28.4 Å². The predicted molar refractivity (Wildman–Crippen MR) is 68.9 cm³/mol. The molecule has 0 spiro atoms. The van der Waals surface area contributed by atoms with Gasteiger partial charge in [0.25, 0.3) is 0 Å². The molecule has 0 aliphatic carbocycles. The maximum absolute atomic E-state index is 4.59. The zero-order valence-electron chi connectivity index (χ0n) is 9.20. The first-order valence-electron chi connectivity index (χ1n) is 5.58. The van der Waals surface area contributed by atoms with Crippen LogP contribution < -0.4 is 0 Å². The van der Waals surface area contributed by atoms with E-state index in [0.29, 0.717) is 0 Å². The van der Waals surface area contributed by atoms with Crippen molar-refractivity contribution in [3.05, 3.63) is 15.6 Å². The van der Waals surface area contributed by atoms with E-state index < -0.39 is 0 Å². The molecule has 0 N–H and O–H groups in total. The number of hydrogen-bond acceptors (Lipinski definition) is 4. The van der Waals surface area contributed by atoms with Gasteiger partial charge in [-0.25, -0.2) is 4.98 Å². The smallest absolute Gasteiger partial charge is 0.0944 e. The summed E-state index contributed by atoms with van der Waals surface area (Å²) in [5, 5.41) is 1.28. The van der Waals surface area contributed by atoms with Crippen molar-refractivity contribution in [1.82, 2.24) is 9.88 Å². The van der Waals surface area contributed by atoms with Crippen LogP contribution in [-0.4, -0.2) is 29.5 Å². The first kappa shape index (κ1) is 11.4. The molecule has 1 aliphatic heterocycles. The van der Waals surface area contributed by atoms with E-state index in [-0.39, 0.29) is 0 Å². The standard InChI is InChI=1S/C11H18N2S2/c1-9-10(8-14)15-11(12-9)4-7-13-5-2-3-6-13/h14H,2-8H2,1H3. The molecule has 0 radical (unpaired) electrons. The van der Waals surface area contributed by atoms with Gasteiger partial charge < -0.3 is 4.90 Å². The molecule has 2 nitrogen and oxygen atoms in total. The molecule has 1 aromatic rings. The number of rotatable bonds is 4. The van der Waals surface area contributed by atoms with Crippen molar-refractivity contribution < 1.29 is 0 Å². The van der Waals surface area contributed by atoms with Gasteiger partial charge >= 0.3 is 0 Å². The maximum Gasteiger partial charge on any atom is 0.0944 e. The number of aryl methyl sites for hydroxylation is 1. The van der Waals surface area contributed by atoms with Gasteiger partial charge in [-0.15, -0.1) is 11.3 Å². The highest BCUT2D eigenvalue weighted by atomic mass is 32.1. The monoisotopic (exact) mass is 242 g/mol. The van der Waals surface area contributed by atoms with Crippen LogP contribution in [0.15, 0.2) is 0 Å². The fourth-order valence-corrected chi connectivity index (χ4v) is 3.34. The van der Waals surface area contributed by atoms with E-state index in [1.54, 1.807) is 0 Å². The van der Waals surface area contributed by atoms with E-state index in [4.69, 9.17) is 0 Å². The van der Waals surface area contributed by atoms with Gasteiger partial charge in [0.2, 0.25) is 0 Å². The number of hydrogen-bond donors (Lipinski definition) is 1. The Hall–Kier alpha value is -0.0600. The molecular weight excluding hydrogens is 224 g/mol. The average Bonchev–Trinajstić information content (AvgIpc) is 2.83. The molecule has 84 valence electrons. The summed E-state index contributed by atoms with van der Waals surface area (Å²) in [5.41, 5.74) is 1.17. The van der Waals surface area contributed by atoms with Gasteiger partial charge in [-0.3, -0.25) is 0 Å². The normalized spacial score (nSPS) is 17.5. The zero-order valence-corrected chi connectivity index (χ0v) is 10.9. The summed E-state index contributed by atoms with van der Waals surface area (Å²) in [7, 11) is 0. The zero-order chi connectivity index (χ0) is 10.7. The Bertz CT molecular complexity index is 316. The Balaban J connectivity index is 1.87. The summed E-state index contributed by atoms with van der Waals surface area (Å²) in [4.78, 5) is 8.45.